The fraction of sp³-hybridized carbons (Fsp3) is 0.455. The Morgan fingerprint density at radius 3 is 2.93 bits per heavy atom. The molecular weight excluding hydrogens is 188 g/mol. The van der Waals surface area contributed by atoms with Crippen molar-refractivity contribution in [2.45, 2.75) is 32.2 Å². The van der Waals surface area contributed by atoms with Gasteiger partial charge >= 0.3 is 0 Å². The molecule has 4 heteroatoms. The summed E-state index contributed by atoms with van der Waals surface area (Å²) in [6, 6.07) is 2.49. The Bertz CT molecular complexity index is 511. The van der Waals surface area contributed by atoms with Crippen LogP contribution in [-0.2, 0) is 0 Å². The van der Waals surface area contributed by atoms with Gasteiger partial charge in [-0.15, -0.1) is 0 Å². The van der Waals surface area contributed by atoms with Crippen LogP contribution in [0.5, 0.6) is 0 Å². The Balaban J connectivity index is 2.27. The molecule has 1 aliphatic carbocycles. The lowest BCUT2D eigenvalue weighted by Crippen LogP contribution is -2.19. The van der Waals surface area contributed by atoms with Gasteiger partial charge in [0.2, 0.25) is 5.95 Å². The zero-order valence-corrected chi connectivity index (χ0v) is 8.77. The van der Waals surface area contributed by atoms with E-state index in [1.165, 1.54) is 19.3 Å². The van der Waals surface area contributed by atoms with E-state index in [0.29, 0.717) is 12.0 Å². The summed E-state index contributed by atoms with van der Waals surface area (Å²) in [4.78, 5) is 8.78. The van der Waals surface area contributed by atoms with E-state index in [1.807, 2.05) is 19.2 Å². The van der Waals surface area contributed by atoms with Crippen LogP contribution in [0.4, 0.5) is 5.95 Å². The average molecular weight is 202 g/mol. The second-order valence-corrected chi connectivity index (χ2v) is 4.22. The molecule has 0 unspecified atom stereocenters. The van der Waals surface area contributed by atoms with Crippen molar-refractivity contribution in [2.75, 3.05) is 5.73 Å². The number of nitrogen functional groups attached to an aromatic ring is 1. The average Bonchev–Trinajstić information content (AvgIpc) is 2.44. The van der Waals surface area contributed by atoms with Crippen LogP contribution < -0.4 is 5.73 Å². The van der Waals surface area contributed by atoms with Gasteiger partial charge in [0.1, 0.15) is 5.52 Å². The van der Waals surface area contributed by atoms with E-state index >= 15 is 0 Å². The van der Waals surface area contributed by atoms with Gasteiger partial charge in [0, 0.05) is 12.2 Å². The Morgan fingerprint density at radius 1 is 1.47 bits per heavy atom. The smallest absolute Gasteiger partial charge is 0.202 e. The lowest BCUT2D eigenvalue weighted by Gasteiger charge is -2.27. The van der Waals surface area contributed by atoms with Gasteiger partial charge in [0.05, 0.1) is 0 Å². The number of hydrogen-bond donors (Lipinski definition) is 1. The van der Waals surface area contributed by atoms with E-state index in [4.69, 9.17) is 5.73 Å². The molecule has 1 saturated carbocycles. The molecule has 0 radical (unpaired) electrons. The molecule has 4 nitrogen and oxygen atoms in total. The first kappa shape index (κ1) is 8.71. The van der Waals surface area contributed by atoms with E-state index in [1.54, 1.807) is 0 Å². The maximum atomic E-state index is 5.94. The second-order valence-electron chi connectivity index (χ2n) is 4.22. The number of rotatable bonds is 1. The second kappa shape index (κ2) is 2.95. The number of pyridine rings is 1. The van der Waals surface area contributed by atoms with Crippen molar-refractivity contribution in [3.63, 3.8) is 0 Å². The summed E-state index contributed by atoms with van der Waals surface area (Å²) in [7, 11) is 0. The molecule has 15 heavy (non-hydrogen) atoms. The zero-order valence-electron chi connectivity index (χ0n) is 8.77. The highest BCUT2D eigenvalue weighted by Crippen LogP contribution is 2.35. The minimum atomic E-state index is 0.518. The maximum Gasteiger partial charge on any atom is 0.202 e. The number of nitrogens with zero attached hydrogens (tertiary/aromatic N) is 3. The molecule has 0 saturated heterocycles. The quantitative estimate of drug-likeness (QED) is 0.770. The van der Waals surface area contributed by atoms with Crippen molar-refractivity contribution in [1.29, 1.82) is 0 Å². The molecule has 2 aromatic rings. The normalized spacial score (nSPS) is 16.9. The fourth-order valence-electron chi connectivity index (χ4n) is 2.13. The van der Waals surface area contributed by atoms with Crippen molar-refractivity contribution in [3.05, 3.63) is 17.8 Å². The largest absolute Gasteiger partial charge is 0.369 e. The molecule has 3 rings (SSSR count). The summed E-state index contributed by atoms with van der Waals surface area (Å²) >= 11 is 0. The predicted molar refractivity (Wildman–Crippen MR) is 59.6 cm³/mol. The van der Waals surface area contributed by atoms with Crippen molar-refractivity contribution < 1.29 is 0 Å². The summed E-state index contributed by atoms with van der Waals surface area (Å²) in [5.74, 6) is 0.608. The van der Waals surface area contributed by atoms with Crippen molar-refractivity contribution in [1.82, 2.24) is 14.5 Å². The number of aryl methyl sites for hydroxylation is 1. The van der Waals surface area contributed by atoms with E-state index in [9.17, 15) is 0 Å². The Kier molecular flexibility index (Phi) is 1.71. The first-order valence-electron chi connectivity index (χ1n) is 5.36. The highest BCUT2D eigenvalue weighted by atomic mass is 15.2. The summed E-state index contributed by atoms with van der Waals surface area (Å²) < 4.78 is 2.09. The van der Waals surface area contributed by atoms with Gasteiger partial charge in [-0.3, -0.25) is 4.57 Å². The third kappa shape index (κ3) is 1.14. The number of nitrogens with two attached hydrogens (primary N) is 1. The van der Waals surface area contributed by atoms with E-state index in [-0.39, 0.29) is 0 Å². The number of imidazole rings is 1. The summed E-state index contributed by atoms with van der Waals surface area (Å²) in [5, 5.41) is 0. The molecule has 1 aliphatic rings. The lowest BCUT2D eigenvalue weighted by molar-refractivity contribution is 0.323. The van der Waals surface area contributed by atoms with Gasteiger partial charge in [0.15, 0.2) is 5.65 Å². The molecule has 0 aromatic carbocycles. The van der Waals surface area contributed by atoms with Gasteiger partial charge in [-0.25, -0.2) is 9.97 Å². The van der Waals surface area contributed by atoms with Crippen LogP contribution in [0.1, 0.15) is 30.9 Å². The third-order valence-electron chi connectivity index (χ3n) is 3.25. The zero-order chi connectivity index (χ0) is 10.4. The van der Waals surface area contributed by atoms with Gasteiger partial charge in [0.25, 0.3) is 0 Å². The Labute approximate surface area is 88.1 Å². The van der Waals surface area contributed by atoms with Crippen LogP contribution in [0.15, 0.2) is 12.3 Å². The van der Waals surface area contributed by atoms with Crippen molar-refractivity contribution >= 4 is 17.1 Å². The van der Waals surface area contributed by atoms with Crippen LogP contribution in [0.2, 0.25) is 0 Å². The molecule has 0 aliphatic heterocycles. The molecule has 0 amide bonds. The van der Waals surface area contributed by atoms with Crippen LogP contribution in [0, 0.1) is 6.92 Å². The van der Waals surface area contributed by atoms with Gasteiger partial charge in [-0.1, -0.05) is 0 Å². The number of fused-ring (bicyclic) bond motifs is 1. The molecule has 78 valence electrons. The number of aromatic nitrogens is 3. The molecule has 0 atom stereocenters. The van der Waals surface area contributed by atoms with Crippen molar-refractivity contribution in [2.24, 2.45) is 0 Å². The minimum Gasteiger partial charge on any atom is -0.369 e. The molecule has 1 fully saturated rings. The monoisotopic (exact) mass is 202 g/mol. The number of hydrogen-bond acceptors (Lipinski definition) is 3. The maximum absolute atomic E-state index is 5.94. The Morgan fingerprint density at radius 2 is 2.27 bits per heavy atom. The van der Waals surface area contributed by atoms with E-state index in [0.717, 1.165) is 16.7 Å². The molecule has 2 N–H and O–H groups in total. The first-order valence-corrected chi connectivity index (χ1v) is 5.36. The SMILES string of the molecule is Cc1ccnc2c1nc(N)n2C1CCC1. The van der Waals surface area contributed by atoms with E-state index < -0.39 is 0 Å². The topological polar surface area (TPSA) is 56.7 Å². The highest BCUT2D eigenvalue weighted by molar-refractivity contribution is 5.77. The van der Waals surface area contributed by atoms with Gasteiger partial charge < -0.3 is 5.73 Å². The van der Waals surface area contributed by atoms with Crippen molar-refractivity contribution in [3.8, 4) is 0 Å². The summed E-state index contributed by atoms with van der Waals surface area (Å²) in [6.07, 6.45) is 5.51. The molecular formula is C11H14N4. The minimum absolute atomic E-state index is 0.518. The highest BCUT2D eigenvalue weighted by Gasteiger charge is 2.24. The number of anilines is 1. The lowest BCUT2D eigenvalue weighted by atomic mass is 9.93. The molecule has 0 spiro atoms. The first-order chi connectivity index (χ1) is 7.27. The van der Waals surface area contributed by atoms with Crippen LogP contribution in [0.25, 0.3) is 11.2 Å². The summed E-state index contributed by atoms with van der Waals surface area (Å²) in [6.45, 7) is 2.04. The van der Waals surface area contributed by atoms with Crippen LogP contribution in [0.3, 0.4) is 0 Å². The Hall–Kier alpha value is -1.58. The molecule has 2 aromatic heterocycles. The molecule has 2 heterocycles. The fourth-order valence-corrected chi connectivity index (χ4v) is 2.13. The predicted octanol–water partition coefficient (Wildman–Crippen LogP) is 2.05. The van der Waals surface area contributed by atoms with E-state index in [2.05, 4.69) is 14.5 Å². The standard InChI is InChI=1S/C11H14N4/c1-7-5-6-13-10-9(7)14-11(12)15(10)8-3-2-4-8/h5-6,8H,2-4H2,1H3,(H2,12,14). The van der Waals surface area contributed by atoms with Crippen LogP contribution >= 0.6 is 0 Å². The summed E-state index contributed by atoms with van der Waals surface area (Å²) in [5.41, 5.74) is 8.98. The molecule has 0 bridgehead atoms. The third-order valence-corrected chi connectivity index (χ3v) is 3.25. The van der Waals surface area contributed by atoms with Gasteiger partial charge in [-0.2, -0.15) is 0 Å². The van der Waals surface area contributed by atoms with Crippen LogP contribution in [-0.4, -0.2) is 14.5 Å². The van der Waals surface area contributed by atoms with Gasteiger partial charge in [-0.05, 0) is 37.8 Å².